The van der Waals surface area contributed by atoms with Gasteiger partial charge >= 0.3 is 0 Å². The van der Waals surface area contributed by atoms with Crippen molar-refractivity contribution in [2.24, 2.45) is 0 Å². The number of nitrogens with two attached hydrogens (primary N) is 1. The Labute approximate surface area is 111 Å². The van der Waals surface area contributed by atoms with E-state index in [1.54, 1.807) is 18.2 Å². The Morgan fingerprint density at radius 2 is 1.65 bits per heavy atom. The van der Waals surface area contributed by atoms with Crippen LogP contribution in [0.3, 0.4) is 0 Å². The maximum atomic E-state index is 13.5. The van der Waals surface area contributed by atoms with Crippen LogP contribution in [0.4, 0.5) is 14.5 Å². The Balaban J connectivity index is 2.40. The summed E-state index contributed by atoms with van der Waals surface area (Å²) in [4.78, 5) is 0. The molecule has 2 nitrogen and oxygen atoms in total. The molecule has 17 heavy (non-hydrogen) atoms. The number of para-hydroxylation sites is 1. The summed E-state index contributed by atoms with van der Waals surface area (Å²) in [6.45, 7) is 0. The van der Waals surface area contributed by atoms with E-state index in [2.05, 4.69) is 0 Å². The van der Waals surface area contributed by atoms with Crippen molar-refractivity contribution in [3.8, 4) is 11.5 Å². The van der Waals surface area contributed by atoms with Gasteiger partial charge < -0.3 is 10.5 Å². The van der Waals surface area contributed by atoms with E-state index in [9.17, 15) is 8.78 Å². The molecule has 0 saturated carbocycles. The number of anilines is 1. The molecule has 0 bridgehead atoms. The summed E-state index contributed by atoms with van der Waals surface area (Å²) in [5.74, 6) is -1.68. The molecule has 2 rings (SSSR count). The summed E-state index contributed by atoms with van der Waals surface area (Å²) in [6.07, 6.45) is 0. The molecule has 0 radical (unpaired) electrons. The summed E-state index contributed by atoms with van der Waals surface area (Å²) < 4.78 is 32.9. The standard InChI is InChI=1S/C12H8F2INO/c13-8-5-7(16)6-9(14)12(8)17-11-4-2-1-3-10(11)15/h1-6H,16H2. The average Bonchev–Trinajstić information content (AvgIpc) is 2.25. The lowest BCUT2D eigenvalue weighted by atomic mass is 10.2. The van der Waals surface area contributed by atoms with Crippen molar-refractivity contribution in [1.29, 1.82) is 0 Å². The van der Waals surface area contributed by atoms with Crippen molar-refractivity contribution in [3.63, 3.8) is 0 Å². The fourth-order valence-electron chi connectivity index (χ4n) is 1.31. The third kappa shape index (κ3) is 2.66. The Morgan fingerprint density at radius 1 is 1.06 bits per heavy atom. The first-order valence-electron chi connectivity index (χ1n) is 4.75. The zero-order chi connectivity index (χ0) is 12.4. The van der Waals surface area contributed by atoms with Crippen LogP contribution in [0.2, 0.25) is 0 Å². The number of hydrogen-bond donors (Lipinski definition) is 1. The number of rotatable bonds is 2. The van der Waals surface area contributed by atoms with Crippen LogP contribution in [0, 0.1) is 15.2 Å². The second-order valence-corrected chi connectivity index (χ2v) is 4.51. The highest BCUT2D eigenvalue weighted by Crippen LogP contribution is 2.31. The van der Waals surface area contributed by atoms with E-state index < -0.39 is 17.4 Å². The van der Waals surface area contributed by atoms with Crippen molar-refractivity contribution in [2.75, 3.05) is 5.73 Å². The molecule has 2 N–H and O–H groups in total. The average molecular weight is 347 g/mol. The highest BCUT2D eigenvalue weighted by Gasteiger charge is 2.13. The Bertz CT molecular complexity index is 537. The van der Waals surface area contributed by atoms with Gasteiger partial charge in [-0.25, -0.2) is 8.78 Å². The Morgan fingerprint density at radius 3 is 2.24 bits per heavy atom. The Kier molecular flexibility index (Phi) is 3.46. The summed E-state index contributed by atoms with van der Waals surface area (Å²) in [5.41, 5.74) is 5.34. The van der Waals surface area contributed by atoms with Gasteiger partial charge in [0.05, 0.1) is 3.57 Å². The predicted octanol–water partition coefficient (Wildman–Crippen LogP) is 3.94. The lowest BCUT2D eigenvalue weighted by Crippen LogP contribution is -1.96. The van der Waals surface area contributed by atoms with Gasteiger partial charge in [-0.15, -0.1) is 0 Å². The summed E-state index contributed by atoms with van der Waals surface area (Å²) in [6, 6.07) is 9.00. The van der Waals surface area contributed by atoms with Crippen molar-refractivity contribution in [2.45, 2.75) is 0 Å². The molecule has 0 aromatic heterocycles. The molecule has 0 unspecified atom stereocenters. The van der Waals surface area contributed by atoms with Gasteiger partial charge in [-0.05, 0) is 34.7 Å². The second kappa shape index (κ2) is 4.87. The summed E-state index contributed by atoms with van der Waals surface area (Å²) in [7, 11) is 0. The van der Waals surface area contributed by atoms with E-state index in [1.165, 1.54) is 0 Å². The smallest absolute Gasteiger partial charge is 0.198 e. The zero-order valence-corrected chi connectivity index (χ0v) is 10.7. The van der Waals surface area contributed by atoms with Gasteiger partial charge in [0, 0.05) is 17.8 Å². The molecule has 0 spiro atoms. The molecule has 0 aliphatic heterocycles. The maximum absolute atomic E-state index is 13.5. The van der Waals surface area contributed by atoms with Crippen molar-refractivity contribution < 1.29 is 13.5 Å². The van der Waals surface area contributed by atoms with Gasteiger partial charge in [0.15, 0.2) is 17.4 Å². The molecule has 0 saturated heterocycles. The van der Waals surface area contributed by atoms with Gasteiger partial charge in [0.1, 0.15) is 5.75 Å². The number of benzene rings is 2. The summed E-state index contributed by atoms with van der Waals surface area (Å²) >= 11 is 2.02. The van der Waals surface area contributed by atoms with Crippen LogP contribution in [-0.2, 0) is 0 Å². The predicted molar refractivity (Wildman–Crippen MR) is 70.0 cm³/mol. The van der Waals surface area contributed by atoms with Crippen LogP contribution in [-0.4, -0.2) is 0 Å². The van der Waals surface area contributed by atoms with Gasteiger partial charge in [-0.2, -0.15) is 0 Å². The van der Waals surface area contributed by atoms with E-state index in [0.29, 0.717) is 5.75 Å². The van der Waals surface area contributed by atoms with E-state index in [-0.39, 0.29) is 5.69 Å². The molecule has 0 aliphatic carbocycles. The summed E-state index contributed by atoms with van der Waals surface area (Å²) in [5, 5.41) is 0. The largest absolute Gasteiger partial charge is 0.450 e. The van der Waals surface area contributed by atoms with Crippen LogP contribution < -0.4 is 10.5 Å². The lowest BCUT2D eigenvalue weighted by Gasteiger charge is -2.09. The van der Waals surface area contributed by atoms with E-state index in [1.807, 2.05) is 28.7 Å². The second-order valence-electron chi connectivity index (χ2n) is 3.35. The highest BCUT2D eigenvalue weighted by atomic mass is 127. The highest BCUT2D eigenvalue weighted by molar-refractivity contribution is 14.1. The molecule has 0 amide bonds. The molecular formula is C12H8F2INO. The molecule has 0 atom stereocenters. The van der Waals surface area contributed by atoms with Gasteiger partial charge in [0.25, 0.3) is 0 Å². The first kappa shape index (κ1) is 12.1. The normalized spacial score (nSPS) is 10.3. The fraction of sp³-hybridized carbons (Fsp3) is 0. The van der Waals surface area contributed by atoms with Gasteiger partial charge in [0.2, 0.25) is 0 Å². The van der Waals surface area contributed by atoms with Crippen LogP contribution in [0.5, 0.6) is 11.5 Å². The molecular weight excluding hydrogens is 339 g/mol. The number of nitrogen functional groups attached to an aromatic ring is 1. The third-order valence-corrected chi connectivity index (χ3v) is 2.96. The van der Waals surface area contributed by atoms with Crippen LogP contribution in [0.25, 0.3) is 0 Å². The topological polar surface area (TPSA) is 35.2 Å². The van der Waals surface area contributed by atoms with E-state index in [0.717, 1.165) is 15.7 Å². The monoisotopic (exact) mass is 347 g/mol. The SMILES string of the molecule is Nc1cc(F)c(Oc2ccccc2I)c(F)c1. The quantitative estimate of drug-likeness (QED) is 0.660. The minimum atomic E-state index is -0.817. The molecule has 2 aromatic rings. The van der Waals surface area contributed by atoms with Crippen LogP contribution >= 0.6 is 22.6 Å². The minimum Gasteiger partial charge on any atom is -0.450 e. The van der Waals surface area contributed by atoms with Crippen molar-refractivity contribution in [1.82, 2.24) is 0 Å². The first-order chi connectivity index (χ1) is 8.08. The number of hydrogen-bond acceptors (Lipinski definition) is 2. The lowest BCUT2D eigenvalue weighted by molar-refractivity contribution is 0.406. The molecule has 0 aliphatic rings. The van der Waals surface area contributed by atoms with Crippen LogP contribution in [0.15, 0.2) is 36.4 Å². The number of halogens is 3. The van der Waals surface area contributed by atoms with Crippen LogP contribution in [0.1, 0.15) is 0 Å². The molecule has 2 aromatic carbocycles. The molecule has 5 heteroatoms. The molecule has 0 heterocycles. The Hall–Kier alpha value is -1.37. The number of ether oxygens (including phenoxy) is 1. The fourth-order valence-corrected chi connectivity index (χ4v) is 1.81. The zero-order valence-electron chi connectivity index (χ0n) is 8.58. The maximum Gasteiger partial charge on any atom is 0.198 e. The molecule has 88 valence electrons. The van der Waals surface area contributed by atoms with Gasteiger partial charge in [-0.3, -0.25) is 0 Å². The van der Waals surface area contributed by atoms with Gasteiger partial charge in [-0.1, -0.05) is 12.1 Å². The van der Waals surface area contributed by atoms with E-state index in [4.69, 9.17) is 10.5 Å². The first-order valence-corrected chi connectivity index (χ1v) is 5.82. The van der Waals surface area contributed by atoms with Crippen molar-refractivity contribution in [3.05, 3.63) is 51.6 Å². The van der Waals surface area contributed by atoms with Crippen molar-refractivity contribution >= 4 is 28.3 Å². The minimum absolute atomic E-state index is 0.0232. The van der Waals surface area contributed by atoms with E-state index >= 15 is 0 Å². The molecule has 0 fully saturated rings. The third-order valence-electron chi connectivity index (χ3n) is 2.07.